The molecule has 105 heavy (non-hydrogen) atoms. The van der Waals surface area contributed by atoms with Crippen LogP contribution in [0.3, 0.4) is 0 Å². The summed E-state index contributed by atoms with van der Waals surface area (Å²) in [6.45, 7) is -0.676. The van der Waals surface area contributed by atoms with Crippen molar-refractivity contribution in [1.29, 1.82) is 0 Å². The maximum Gasteiger partial charge on any atom is 0.126 e. The van der Waals surface area contributed by atoms with Gasteiger partial charge in [0.05, 0.1) is 0 Å². The molecule has 6 aromatic heterocycles. The van der Waals surface area contributed by atoms with Gasteiger partial charge in [0.2, 0.25) is 0 Å². The molecular formula is C93H75F3Ir3N6-6. The molecule has 9 aromatic carbocycles. The zero-order chi connectivity index (χ0) is 77.9. The van der Waals surface area contributed by atoms with E-state index in [2.05, 4.69) is 66.3 Å². The number of rotatable bonds is 13. The molecule has 6 nitrogen and oxygen atoms in total. The first-order valence-corrected chi connectivity index (χ1v) is 32.9. The quantitative estimate of drug-likeness (QED) is 0.107. The fourth-order valence-electron chi connectivity index (χ4n) is 10.2. The Labute approximate surface area is 668 Å². The molecule has 0 aliphatic rings. The van der Waals surface area contributed by atoms with Gasteiger partial charge < -0.3 is 29.9 Å². The molecule has 15 aromatic rings. The Bertz CT molecular complexity index is 4990. The van der Waals surface area contributed by atoms with Crippen molar-refractivity contribution in [3.63, 3.8) is 0 Å². The predicted molar refractivity (Wildman–Crippen MR) is 409 cm³/mol. The monoisotopic (exact) mass is 1920 g/mol. The zero-order valence-corrected chi connectivity index (χ0v) is 64.6. The molecule has 0 saturated carbocycles. The molecule has 6 heterocycles. The summed E-state index contributed by atoms with van der Waals surface area (Å²) in [5, 5.41) is 0. The third-order valence-corrected chi connectivity index (χ3v) is 15.5. The SMILES string of the molecule is CCc1cc(-c2ccc(-c3[c-]cccc3)nc2)ccc1F.[2H]C([2H])([2H])C([2H])(C)Cc1cc(-c2ccc(-c3[c-]cccc3)nc2)ccc1F.[2H]C([2H])([2H])C([2H])(C)c1cc(-c2ccc(-c3[c-]cccc3)nc2)ccc1F.[Ir].[Ir].[Ir].[c-]1ccccc1-c1ccccn1.[c-]1ccccc1-c1ccccn1.[c-]1ccccc1-c1ccccn1. The molecule has 0 bridgehead atoms. The maximum absolute atomic E-state index is 14.2. The van der Waals surface area contributed by atoms with E-state index in [-0.39, 0.29) is 83.7 Å². The van der Waals surface area contributed by atoms with Gasteiger partial charge in [0.15, 0.2) is 0 Å². The number of halogens is 3. The van der Waals surface area contributed by atoms with Crippen LogP contribution in [0.1, 0.15) is 68.0 Å². The normalized spacial score (nSPS) is 12.6. The smallest absolute Gasteiger partial charge is 0.126 e. The molecule has 0 fully saturated rings. The summed E-state index contributed by atoms with van der Waals surface area (Å²) in [5.41, 5.74) is 16.8. The number of pyridine rings is 6. The fraction of sp³-hybridized carbons (Fsp3) is 0.0968. The van der Waals surface area contributed by atoms with Crippen molar-refractivity contribution in [3.05, 3.63) is 399 Å². The van der Waals surface area contributed by atoms with Gasteiger partial charge in [0.25, 0.3) is 0 Å². The van der Waals surface area contributed by atoms with Gasteiger partial charge in [-0.1, -0.05) is 125 Å². The number of nitrogens with zero attached hydrogens (tertiary/aromatic N) is 6. The van der Waals surface area contributed by atoms with Crippen molar-refractivity contribution >= 4 is 0 Å². The van der Waals surface area contributed by atoms with Gasteiger partial charge >= 0.3 is 0 Å². The minimum absolute atomic E-state index is 0. The molecule has 0 saturated heterocycles. The Morgan fingerprint density at radius 1 is 0.324 bits per heavy atom. The summed E-state index contributed by atoms with van der Waals surface area (Å²) < 4.78 is 103. The molecule has 0 aliphatic carbocycles. The van der Waals surface area contributed by atoms with Gasteiger partial charge in [-0.2, -0.15) is 0 Å². The van der Waals surface area contributed by atoms with E-state index in [1.54, 1.807) is 61.3 Å². The summed E-state index contributed by atoms with van der Waals surface area (Å²) in [6.07, 6.45) is 11.0. The predicted octanol–water partition coefficient (Wildman–Crippen LogP) is 23.6. The first kappa shape index (κ1) is 70.3. The average molecular weight is 1920 g/mol. The molecule has 531 valence electrons. The first-order chi connectivity index (χ1) is 53.0. The van der Waals surface area contributed by atoms with E-state index in [0.29, 0.717) is 17.5 Å². The van der Waals surface area contributed by atoms with Crippen LogP contribution in [0.5, 0.6) is 0 Å². The van der Waals surface area contributed by atoms with Crippen LogP contribution >= 0.6 is 0 Å². The van der Waals surface area contributed by atoms with Gasteiger partial charge in [-0.15, -0.1) is 215 Å². The summed E-state index contributed by atoms with van der Waals surface area (Å²) in [4.78, 5) is 26.0. The van der Waals surface area contributed by atoms with Crippen molar-refractivity contribution in [2.75, 3.05) is 0 Å². The first-order valence-electron chi connectivity index (χ1n) is 36.9. The zero-order valence-electron chi connectivity index (χ0n) is 65.4. The van der Waals surface area contributed by atoms with Gasteiger partial charge in [0, 0.05) is 108 Å². The second-order valence-corrected chi connectivity index (χ2v) is 22.8. The fourth-order valence-corrected chi connectivity index (χ4v) is 10.2. The summed E-state index contributed by atoms with van der Waals surface area (Å²) >= 11 is 0. The summed E-state index contributed by atoms with van der Waals surface area (Å²) in [7, 11) is 0. The second kappa shape index (κ2) is 43.7. The number of hydrogen-bond donors (Lipinski definition) is 0. The summed E-state index contributed by atoms with van der Waals surface area (Å²) in [6, 6.07) is 108. The van der Waals surface area contributed by atoms with Crippen molar-refractivity contribution in [3.8, 4) is 101 Å². The molecular weight excluding hydrogens is 1830 g/mol. The van der Waals surface area contributed by atoms with Crippen LogP contribution in [0, 0.1) is 59.7 Å². The third kappa shape index (κ3) is 25.2. The van der Waals surface area contributed by atoms with Crippen molar-refractivity contribution in [2.45, 2.75) is 53.2 Å². The number of hydrogen-bond acceptors (Lipinski definition) is 6. The Hall–Kier alpha value is -10.4. The van der Waals surface area contributed by atoms with Gasteiger partial charge in [-0.25, -0.2) is 13.2 Å². The van der Waals surface area contributed by atoms with E-state index in [9.17, 15) is 13.2 Å². The molecule has 0 N–H and O–H groups in total. The van der Waals surface area contributed by atoms with E-state index in [1.807, 2.05) is 250 Å². The van der Waals surface area contributed by atoms with Crippen LogP contribution in [0.4, 0.5) is 13.2 Å². The van der Waals surface area contributed by atoms with E-state index in [0.717, 1.165) is 95.4 Å². The molecule has 0 aliphatic heterocycles. The molecule has 0 amide bonds. The van der Waals surface area contributed by atoms with Crippen LogP contribution < -0.4 is 0 Å². The largest absolute Gasteiger partial charge is 0.305 e. The molecule has 2 atom stereocenters. The van der Waals surface area contributed by atoms with Gasteiger partial charge in [-0.3, -0.25) is 0 Å². The van der Waals surface area contributed by atoms with E-state index in [1.165, 1.54) is 38.1 Å². The standard InChI is InChI=1S/C21H19FN.C20H17FN.C19H15FN.3C11H8N.3Ir/c1-15(2)12-19-13-17(8-10-20(19)22)18-9-11-21(23-14-18)16-6-4-3-5-7-16;1-14(2)18-12-16(8-10-19(18)21)17-9-11-20(22-13-17)15-6-4-3-5-7-15;1-2-14-12-16(8-10-18(14)20)17-9-11-19(21-13-17)15-6-4-3-5-7-15;3*1-2-6-10(7-3-1)11-8-4-5-9-12-11;;;/h3-6,8-11,13-15H,12H2,1-2H3;3-6,8-14H,1-2H3;3-6,8-13H,2H2,1H3;3*1-6,8-9H;;;/q6*-1;;;/i1D3,15D;1D3,14D;;;;;;;. The van der Waals surface area contributed by atoms with Crippen LogP contribution in [0.25, 0.3) is 101 Å². The minimum atomic E-state index is -2.64. The van der Waals surface area contributed by atoms with Crippen molar-refractivity contribution in [2.24, 2.45) is 5.89 Å². The number of aryl methyl sites for hydroxylation is 1. The third-order valence-electron chi connectivity index (χ3n) is 15.5. The molecule has 3 radical (unpaired) electrons. The van der Waals surface area contributed by atoms with E-state index < -0.39 is 37.1 Å². The van der Waals surface area contributed by atoms with Gasteiger partial charge in [-0.05, 0) is 163 Å². The Kier molecular flexibility index (Phi) is 29.2. The Morgan fingerprint density at radius 2 is 0.619 bits per heavy atom. The molecule has 2 unspecified atom stereocenters. The maximum atomic E-state index is 14.2. The number of aromatic nitrogens is 6. The van der Waals surface area contributed by atoms with E-state index in [4.69, 9.17) is 11.0 Å². The van der Waals surface area contributed by atoms with Crippen molar-refractivity contribution < 1.29 is 84.5 Å². The topological polar surface area (TPSA) is 77.3 Å². The Morgan fingerprint density at radius 3 is 0.895 bits per heavy atom. The molecule has 0 spiro atoms. The van der Waals surface area contributed by atoms with Gasteiger partial charge in [0.1, 0.15) is 17.5 Å². The number of benzene rings is 9. The average Bonchev–Trinajstić information content (AvgIpc) is 0.745. The second-order valence-electron chi connectivity index (χ2n) is 22.8. The Balaban J connectivity index is 0.000000193. The van der Waals surface area contributed by atoms with E-state index >= 15 is 0 Å². The molecule has 12 heteroatoms. The van der Waals surface area contributed by atoms with Crippen LogP contribution in [-0.4, -0.2) is 29.9 Å². The molecule has 15 rings (SSSR count). The van der Waals surface area contributed by atoms with Crippen LogP contribution in [0.15, 0.2) is 328 Å². The van der Waals surface area contributed by atoms with Crippen molar-refractivity contribution in [1.82, 2.24) is 29.9 Å². The summed E-state index contributed by atoms with van der Waals surface area (Å²) in [5.74, 6) is -5.17. The van der Waals surface area contributed by atoms with Crippen LogP contribution in [0.2, 0.25) is 0 Å². The van der Waals surface area contributed by atoms with Crippen LogP contribution in [-0.2, 0) is 73.2 Å². The minimum Gasteiger partial charge on any atom is -0.305 e.